The van der Waals surface area contributed by atoms with E-state index >= 15 is 0 Å². The van der Waals surface area contributed by atoms with Gasteiger partial charge in [-0.25, -0.2) is 0 Å². The molecule has 0 saturated heterocycles. The van der Waals surface area contributed by atoms with Crippen LogP contribution in [-0.2, 0) is 0 Å². The van der Waals surface area contributed by atoms with Crippen molar-refractivity contribution >= 4 is 0 Å². The van der Waals surface area contributed by atoms with E-state index in [-0.39, 0.29) is 5.41 Å². The quantitative estimate of drug-likeness (QED) is 0.842. The number of hydrogen-bond donors (Lipinski definition) is 1. The molecule has 0 aromatic heterocycles. The zero-order valence-electron chi connectivity index (χ0n) is 14.3. The van der Waals surface area contributed by atoms with Gasteiger partial charge in [0.05, 0.1) is 0 Å². The number of nitrogens with one attached hydrogen (secondary N) is 1. The molecule has 0 radical (unpaired) electrons. The second kappa shape index (κ2) is 7.24. The van der Waals surface area contributed by atoms with Crippen molar-refractivity contribution in [3.05, 3.63) is 35.9 Å². The van der Waals surface area contributed by atoms with Crippen molar-refractivity contribution in [3.63, 3.8) is 0 Å². The van der Waals surface area contributed by atoms with Gasteiger partial charge < -0.3 is 5.32 Å². The van der Waals surface area contributed by atoms with Crippen molar-refractivity contribution < 1.29 is 0 Å². The van der Waals surface area contributed by atoms with E-state index in [0.29, 0.717) is 18.1 Å². The first-order valence-electron chi connectivity index (χ1n) is 7.79. The highest BCUT2D eigenvalue weighted by atomic mass is 15.2. The Kier molecular flexibility index (Phi) is 6.22. The van der Waals surface area contributed by atoms with Crippen LogP contribution >= 0.6 is 0 Å². The van der Waals surface area contributed by atoms with E-state index in [0.717, 1.165) is 6.54 Å². The molecule has 114 valence electrons. The van der Waals surface area contributed by atoms with Crippen molar-refractivity contribution in [2.24, 2.45) is 5.41 Å². The molecule has 20 heavy (non-hydrogen) atoms. The van der Waals surface area contributed by atoms with Gasteiger partial charge in [0.25, 0.3) is 0 Å². The fourth-order valence-corrected chi connectivity index (χ4v) is 2.65. The highest BCUT2D eigenvalue weighted by Gasteiger charge is 2.30. The van der Waals surface area contributed by atoms with Crippen LogP contribution in [0.3, 0.4) is 0 Å². The van der Waals surface area contributed by atoms with Crippen LogP contribution in [0, 0.1) is 5.41 Å². The first-order valence-corrected chi connectivity index (χ1v) is 7.79. The second-order valence-corrected chi connectivity index (χ2v) is 6.89. The average molecular weight is 276 g/mol. The number of nitrogens with zero attached hydrogens (tertiary/aromatic N) is 1. The van der Waals surface area contributed by atoms with E-state index in [4.69, 9.17) is 0 Å². The lowest BCUT2D eigenvalue weighted by atomic mass is 9.85. The lowest BCUT2D eigenvalue weighted by Crippen LogP contribution is -2.49. The maximum Gasteiger partial charge on any atom is 0.0475 e. The Hall–Kier alpha value is -0.860. The highest BCUT2D eigenvalue weighted by Crippen LogP contribution is 2.28. The summed E-state index contributed by atoms with van der Waals surface area (Å²) in [6.07, 6.45) is 0. The smallest absolute Gasteiger partial charge is 0.0475 e. The summed E-state index contributed by atoms with van der Waals surface area (Å²) >= 11 is 0. The minimum absolute atomic E-state index is 0.288. The Balaban J connectivity index is 2.92. The zero-order valence-corrected chi connectivity index (χ0v) is 14.3. The molecular weight excluding hydrogens is 244 g/mol. The minimum atomic E-state index is 0.288. The third-order valence-electron chi connectivity index (χ3n) is 4.57. The Morgan fingerprint density at radius 2 is 1.65 bits per heavy atom. The molecule has 2 heteroatoms. The van der Waals surface area contributed by atoms with Gasteiger partial charge in [0.2, 0.25) is 0 Å². The normalized spacial score (nSPS) is 17.0. The van der Waals surface area contributed by atoms with Crippen LogP contribution in [0.1, 0.15) is 53.1 Å². The van der Waals surface area contributed by atoms with Crippen LogP contribution in [0.5, 0.6) is 0 Å². The molecule has 2 nitrogen and oxygen atoms in total. The van der Waals surface area contributed by atoms with E-state index in [9.17, 15) is 0 Å². The van der Waals surface area contributed by atoms with Crippen molar-refractivity contribution in [1.82, 2.24) is 10.2 Å². The molecule has 3 atom stereocenters. The fourth-order valence-electron chi connectivity index (χ4n) is 2.65. The number of rotatable bonds is 6. The molecule has 0 heterocycles. The first-order chi connectivity index (χ1) is 9.29. The van der Waals surface area contributed by atoms with Crippen LogP contribution in [0.25, 0.3) is 0 Å². The van der Waals surface area contributed by atoms with Crippen molar-refractivity contribution in [2.45, 2.75) is 59.7 Å². The molecule has 0 aliphatic rings. The van der Waals surface area contributed by atoms with Gasteiger partial charge in [0.15, 0.2) is 0 Å². The number of hydrogen-bond acceptors (Lipinski definition) is 2. The summed E-state index contributed by atoms with van der Waals surface area (Å²) in [6.45, 7) is 14.7. The molecule has 0 aliphatic heterocycles. The van der Waals surface area contributed by atoms with Gasteiger partial charge in [-0.05, 0) is 38.4 Å². The summed E-state index contributed by atoms with van der Waals surface area (Å²) in [5.74, 6) is 0. The van der Waals surface area contributed by atoms with E-state index in [1.165, 1.54) is 5.56 Å². The second-order valence-electron chi connectivity index (χ2n) is 6.89. The lowest BCUT2D eigenvalue weighted by molar-refractivity contribution is 0.0855. The molecule has 1 aromatic rings. The largest absolute Gasteiger partial charge is 0.309 e. The third kappa shape index (κ3) is 4.32. The Labute approximate surface area is 125 Å². The highest BCUT2D eigenvalue weighted by molar-refractivity contribution is 5.20. The van der Waals surface area contributed by atoms with Gasteiger partial charge in [0, 0.05) is 18.1 Å². The Morgan fingerprint density at radius 3 is 2.10 bits per heavy atom. The topological polar surface area (TPSA) is 15.3 Å². The summed E-state index contributed by atoms with van der Waals surface area (Å²) in [6, 6.07) is 12.1. The van der Waals surface area contributed by atoms with Gasteiger partial charge in [-0.15, -0.1) is 0 Å². The van der Waals surface area contributed by atoms with Crippen LogP contribution in [-0.4, -0.2) is 30.6 Å². The third-order valence-corrected chi connectivity index (χ3v) is 4.57. The SMILES string of the molecule is CCNC(c1ccccc1)C(C)N(C)C(C)C(C)(C)C. The Morgan fingerprint density at radius 1 is 1.10 bits per heavy atom. The summed E-state index contributed by atoms with van der Waals surface area (Å²) in [4.78, 5) is 2.50. The summed E-state index contributed by atoms with van der Waals surface area (Å²) in [5, 5.41) is 3.64. The average Bonchev–Trinajstić information content (AvgIpc) is 2.42. The predicted octanol–water partition coefficient (Wildman–Crippen LogP) is 4.09. The van der Waals surface area contributed by atoms with E-state index < -0.39 is 0 Å². The molecule has 0 fully saturated rings. The zero-order chi connectivity index (χ0) is 15.3. The monoisotopic (exact) mass is 276 g/mol. The van der Waals surface area contributed by atoms with E-state index in [1.807, 2.05) is 0 Å². The van der Waals surface area contributed by atoms with E-state index in [2.05, 4.69) is 89.1 Å². The summed E-state index contributed by atoms with van der Waals surface area (Å²) in [7, 11) is 2.24. The number of likely N-dealkylation sites (N-methyl/N-ethyl adjacent to an activating group) is 2. The van der Waals surface area contributed by atoms with Gasteiger partial charge in [-0.3, -0.25) is 4.90 Å². The van der Waals surface area contributed by atoms with Crippen molar-refractivity contribution in [3.8, 4) is 0 Å². The van der Waals surface area contributed by atoms with Crippen molar-refractivity contribution in [1.29, 1.82) is 0 Å². The van der Waals surface area contributed by atoms with Crippen molar-refractivity contribution in [2.75, 3.05) is 13.6 Å². The van der Waals surface area contributed by atoms with Crippen LogP contribution in [0.15, 0.2) is 30.3 Å². The molecule has 0 spiro atoms. The molecule has 1 aromatic carbocycles. The van der Waals surface area contributed by atoms with E-state index in [1.54, 1.807) is 0 Å². The summed E-state index contributed by atoms with van der Waals surface area (Å²) in [5.41, 5.74) is 1.66. The molecule has 1 N–H and O–H groups in total. The standard InChI is InChI=1S/C18H32N2/c1-8-19-17(16-12-10-9-11-13-16)14(2)20(7)15(3)18(4,5)6/h9-15,17,19H,8H2,1-7H3. The molecule has 0 aliphatic carbocycles. The molecule has 3 unspecified atom stereocenters. The Bertz CT molecular complexity index is 380. The van der Waals surface area contributed by atoms with Crippen LogP contribution in [0.2, 0.25) is 0 Å². The number of benzene rings is 1. The maximum atomic E-state index is 3.64. The van der Waals surface area contributed by atoms with Crippen LogP contribution in [0.4, 0.5) is 0 Å². The first kappa shape index (κ1) is 17.2. The lowest BCUT2D eigenvalue weighted by Gasteiger charge is -2.42. The molecule has 0 amide bonds. The summed E-state index contributed by atoms with van der Waals surface area (Å²) < 4.78 is 0. The molecule has 0 bridgehead atoms. The minimum Gasteiger partial charge on any atom is -0.309 e. The maximum absolute atomic E-state index is 3.64. The molecule has 0 saturated carbocycles. The van der Waals surface area contributed by atoms with Gasteiger partial charge >= 0.3 is 0 Å². The predicted molar refractivity (Wildman–Crippen MR) is 89.0 cm³/mol. The molecule has 1 rings (SSSR count). The molecular formula is C18H32N2. The van der Waals surface area contributed by atoms with Gasteiger partial charge in [0.1, 0.15) is 0 Å². The van der Waals surface area contributed by atoms with Crippen LogP contribution < -0.4 is 5.32 Å². The van der Waals surface area contributed by atoms with Gasteiger partial charge in [-0.1, -0.05) is 58.0 Å². The fraction of sp³-hybridized carbons (Fsp3) is 0.667. The van der Waals surface area contributed by atoms with Gasteiger partial charge in [-0.2, -0.15) is 0 Å².